The number of hydrogen-bond acceptors (Lipinski definition) is 3. The van der Waals surface area contributed by atoms with Crippen LogP contribution in [0.3, 0.4) is 0 Å². The van der Waals surface area contributed by atoms with E-state index in [-0.39, 0.29) is 18.2 Å². The molecule has 0 aliphatic heterocycles. The molecule has 5 rings (SSSR count). The molecule has 9 atom stereocenters. The smallest absolute Gasteiger partial charge is 0.302 e. The minimum Gasteiger partial charge on any atom is -0.463 e. The van der Waals surface area contributed by atoms with E-state index in [0.717, 1.165) is 42.9 Å². The lowest BCUT2D eigenvalue weighted by Crippen LogP contribution is -2.55. The second-order valence-electron chi connectivity index (χ2n) is 10.7. The van der Waals surface area contributed by atoms with Crippen LogP contribution < -0.4 is 0 Å². The van der Waals surface area contributed by atoms with E-state index >= 15 is 0 Å². The lowest BCUT2D eigenvalue weighted by molar-refractivity contribution is -0.160. The first-order valence-corrected chi connectivity index (χ1v) is 11.5. The molecule has 0 aromatic heterocycles. The van der Waals surface area contributed by atoms with Gasteiger partial charge in [0.1, 0.15) is 6.10 Å². The molecule has 0 amide bonds. The topological polar surface area (TPSA) is 46.5 Å². The van der Waals surface area contributed by atoms with Crippen LogP contribution in [0.25, 0.3) is 0 Å². The third-order valence-corrected chi connectivity index (χ3v) is 9.87. The molecule has 3 nitrogen and oxygen atoms in total. The zero-order chi connectivity index (χ0) is 18.8. The van der Waals surface area contributed by atoms with Crippen LogP contribution >= 0.6 is 0 Å². The molecule has 4 fully saturated rings. The fourth-order valence-electron chi connectivity index (χ4n) is 8.80. The number of rotatable bonds is 1. The molecule has 0 heterocycles. The largest absolute Gasteiger partial charge is 0.463 e. The second kappa shape index (κ2) is 6.34. The number of fused-ring (bicyclic) bond motifs is 4. The second-order valence-corrected chi connectivity index (χ2v) is 10.7. The van der Waals surface area contributed by atoms with Crippen molar-refractivity contribution in [3.63, 3.8) is 0 Å². The molecular weight excluding hydrogens is 336 g/mol. The average Bonchev–Trinajstić information content (AvgIpc) is 3.03. The van der Waals surface area contributed by atoms with Gasteiger partial charge in [-0.2, -0.15) is 0 Å². The minimum atomic E-state index is -0.114. The molecule has 0 aromatic rings. The summed E-state index contributed by atoms with van der Waals surface area (Å²) in [5.74, 6) is 3.57. The van der Waals surface area contributed by atoms with Crippen molar-refractivity contribution >= 4 is 5.97 Å². The standard InChI is InChI=1S/C24H36O3/c1-15(25)27-17-9-12-23(2)16(14-17)5-6-18-19(23)10-13-24-11-3-4-22(26)21(24)8-7-20(18)24/h3,11,16-22,26H,4-10,12-14H2,1-2H3/t16-,17+,18?,19?,20?,21+,22?,23-,24-/m0/s1. The third-order valence-electron chi connectivity index (χ3n) is 9.87. The molecule has 1 spiro atoms. The third kappa shape index (κ3) is 2.59. The highest BCUT2D eigenvalue weighted by atomic mass is 16.5. The van der Waals surface area contributed by atoms with E-state index in [1.54, 1.807) is 6.92 Å². The van der Waals surface area contributed by atoms with Crippen LogP contribution in [0.4, 0.5) is 0 Å². The number of hydrogen-bond donors (Lipinski definition) is 1. The van der Waals surface area contributed by atoms with Gasteiger partial charge >= 0.3 is 5.97 Å². The van der Waals surface area contributed by atoms with Crippen molar-refractivity contribution < 1.29 is 14.6 Å². The predicted octanol–water partition coefficient (Wildman–Crippen LogP) is 4.88. The van der Waals surface area contributed by atoms with Crippen molar-refractivity contribution in [2.24, 2.45) is 40.4 Å². The highest BCUT2D eigenvalue weighted by Crippen LogP contribution is 2.69. The maximum absolute atomic E-state index is 11.4. The number of carbonyl (C=O) groups is 1. The Bertz CT molecular complexity index is 642. The van der Waals surface area contributed by atoms with E-state index in [9.17, 15) is 9.90 Å². The summed E-state index contributed by atoms with van der Waals surface area (Å²) in [6.45, 7) is 4.11. The van der Waals surface area contributed by atoms with Crippen LogP contribution in [0.1, 0.15) is 78.1 Å². The van der Waals surface area contributed by atoms with Crippen molar-refractivity contribution in [3.8, 4) is 0 Å². The van der Waals surface area contributed by atoms with Crippen LogP contribution in [0.15, 0.2) is 12.2 Å². The monoisotopic (exact) mass is 372 g/mol. The van der Waals surface area contributed by atoms with E-state index < -0.39 is 0 Å². The number of esters is 1. The molecule has 1 N–H and O–H groups in total. The van der Waals surface area contributed by atoms with Gasteiger partial charge in [-0.1, -0.05) is 19.1 Å². The normalized spacial score (nSPS) is 53.7. The summed E-state index contributed by atoms with van der Waals surface area (Å²) < 4.78 is 5.60. The average molecular weight is 373 g/mol. The molecule has 0 radical (unpaired) electrons. The molecule has 27 heavy (non-hydrogen) atoms. The van der Waals surface area contributed by atoms with Crippen molar-refractivity contribution in [3.05, 3.63) is 12.2 Å². The first-order chi connectivity index (χ1) is 12.9. The van der Waals surface area contributed by atoms with E-state index in [1.807, 2.05) is 0 Å². The van der Waals surface area contributed by atoms with E-state index in [1.165, 1.54) is 44.9 Å². The highest BCUT2D eigenvalue weighted by molar-refractivity contribution is 5.66. The van der Waals surface area contributed by atoms with Crippen molar-refractivity contribution in [1.29, 1.82) is 0 Å². The zero-order valence-electron chi connectivity index (χ0n) is 17.0. The molecule has 0 bridgehead atoms. The van der Waals surface area contributed by atoms with Gasteiger partial charge in [0.2, 0.25) is 0 Å². The summed E-state index contributed by atoms with van der Waals surface area (Å²) in [7, 11) is 0. The fraction of sp³-hybridized carbons (Fsp3) is 0.875. The van der Waals surface area contributed by atoms with Gasteiger partial charge < -0.3 is 9.84 Å². The lowest BCUT2D eigenvalue weighted by atomic mass is 9.44. The molecule has 0 saturated heterocycles. The first kappa shape index (κ1) is 18.2. The number of aliphatic hydroxyl groups excluding tert-OH is 1. The number of ether oxygens (including phenoxy) is 1. The number of carbonyl (C=O) groups excluding carboxylic acids is 1. The van der Waals surface area contributed by atoms with Crippen LogP contribution in [0, 0.1) is 40.4 Å². The van der Waals surface area contributed by atoms with Crippen LogP contribution in [0.2, 0.25) is 0 Å². The molecule has 4 unspecified atom stereocenters. The minimum absolute atomic E-state index is 0.109. The Hall–Kier alpha value is -0.830. The van der Waals surface area contributed by atoms with Crippen LogP contribution in [-0.2, 0) is 9.53 Å². The van der Waals surface area contributed by atoms with Gasteiger partial charge in [0.05, 0.1) is 6.10 Å². The number of aliphatic hydroxyl groups is 1. The van der Waals surface area contributed by atoms with Crippen molar-refractivity contribution in [1.82, 2.24) is 0 Å². The first-order valence-electron chi connectivity index (χ1n) is 11.5. The summed E-state index contributed by atoms with van der Waals surface area (Å²) in [6, 6.07) is 0. The fourth-order valence-corrected chi connectivity index (χ4v) is 8.80. The molecule has 4 saturated carbocycles. The molecule has 3 heteroatoms. The van der Waals surface area contributed by atoms with Gasteiger partial charge in [0.15, 0.2) is 0 Å². The highest BCUT2D eigenvalue weighted by Gasteiger charge is 2.62. The maximum atomic E-state index is 11.4. The van der Waals surface area contributed by atoms with Gasteiger partial charge in [-0.15, -0.1) is 0 Å². The molecule has 5 aliphatic rings. The Balaban J connectivity index is 1.39. The van der Waals surface area contributed by atoms with Crippen molar-refractivity contribution in [2.75, 3.05) is 0 Å². The van der Waals surface area contributed by atoms with E-state index in [2.05, 4.69) is 19.1 Å². The quantitative estimate of drug-likeness (QED) is 0.527. The SMILES string of the molecule is CC(=O)O[C@@H]1CC[C@]2(C)C3CC[C@]45C=CCC(O)[C@H]4CCC5C3CC[C@H]2C1. The summed E-state index contributed by atoms with van der Waals surface area (Å²) in [5, 5.41) is 10.7. The molecule has 0 aromatic carbocycles. The van der Waals surface area contributed by atoms with Crippen LogP contribution in [0.5, 0.6) is 0 Å². The maximum Gasteiger partial charge on any atom is 0.302 e. The number of allylic oxidation sites excluding steroid dienone is 1. The van der Waals surface area contributed by atoms with Gasteiger partial charge in [0.25, 0.3) is 0 Å². The van der Waals surface area contributed by atoms with Crippen LogP contribution in [-0.4, -0.2) is 23.3 Å². The Morgan fingerprint density at radius 1 is 1.04 bits per heavy atom. The molecule has 150 valence electrons. The van der Waals surface area contributed by atoms with Gasteiger partial charge in [-0.3, -0.25) is 4.79 Å². The summed E-state index contributed by atoms with van der Waals surface area (Å²) in [5.41, 5.74) is 0.729. The molecule has 5 aliphatic carbocycles. The van der Waals surface area contributed by atoms with E-state index in [4.69, 9.17) is 4.74 Å². The lowest BCUT2D eigenvalue weighted by Gasteiger charge is -2.61. The zero-order valence-corrected chi connectivity index (χ0v) is 17.0. The van der Waals surface area contributed by atoms with E-state index in [0.29, 0.717) is 16.7 Å². The Labute approximate surface area is 163 Å². The van der Waals surface area contributed by atoms with Crippen molar-refractivity contribution in [2.45, 2.75) is 90.3 Å². The molecular formula is C24H36O3. The predicted molar refractivity (Wildman–Crippen MR) is 105 cm³/mol. The Morgan fingerprint density at radius 3 is 2.67 bits per heavy atom. The summed E-state index contributed by atoms with van der Waals surface area (Å²) in [4.78, 5) is 11.4. The van der Waals surface area contributed by atoms with Gasteiger partial charge in [-0.05, 0) is 105 Å². The Kier molecular flexibility index (Phi) is 4.28. The van der Waals surface area contributed by atoms with Gasteiger partial charge in [0, 0.05) is 6.92 Å². The summed E-state index contributed by atoms with van der Waals surface area (Å²) in [6.07, 6.45) is 16.9. The Morgan fingerprint density at radius 2 is 1.85 bits per heavy atom. The van der Waals surface area contributed by atoms with Gasteiger partial charge in [-0.25, -0.2) is 0 Å². The summed E-state index contributed by atoms with van der Waals surface area (Å²) >= 11 is 0.